The molecule has 2 N–H and O–H groups in total. The van der Waals surface area contributed by atoms with Crippen molar-refractivity contribution < 1.29 is 0 Å². The van der Waals surface area contributed by atoms with Gasteiger partial charge in [-0.15, -0.1) is 0 Å². The first-order valence-electron chi connectivity index (χ1n) is 11.2. The first-order chi connectivity index (χ1) is 14.7. The zero-order valence-electron chi connectivity index (χ0n) is 17.9. The highest BCUT2D eigenvalue weighted by Crippen LogP contribution is 2.32. The molecule has 0 radical (unpaired) electrons. The van der Waals surface area contributed by atoms with Gasteiger partial charge in [-0.1, -0.05) is 73.5 Å². The molecule has 0 aromatic heterocycles. The molecule has 0 heterocycles. The molecule has 4 aromatic carbocycles. The van der Waals surface area contributed by atoms with E-state index in [0.717, 1.165) is 0 Å². The second-order valence-corrected chi connectivity index (χ2v) is 8.74. The van der Waals surface area contributed by atoms with Gasteiger partial charge in [0, 0.05) is 34.2 Å². The minimum atomic E-state index is 0.421. The molecule has 1 aliphatic rings. The zero-order valence-corrected chi connectivity index (χ0v) is 17.9. The minimum Gasteiger partial charge on any atom is -0.380 e. The molecule has 0 bridgehead atoms. The first kappa shape index (κ1) is 19.0. The second-order valence-electron chi connectivity index (χ2n) is 8.74. The van der Waals surface area contributed by atoms with E-state index in [2.05, 4.69) is 97.3 Å². The molecule has 1 aliphatic carbocycles. The van der Waals surface area contributed by atoms with Gasteiger partial charge in [-0.2, -0.15) is 0 Å². The van der Waals surface area contributed by atoms with E-state index in [4.69, 9.17) is 0 Å². The third kappa shape index (κ3) is 3.52. The van der Waals surface area contributed by atoms with E-state index in [9.17, 15) is 0 Å². The van der Waals surface area contributed by atoms with Crippen LogP contribution in [0.3, 0.4) is 0 Å². The lowest BCUT2D eigenvalue weighted by Crippen LogP contribution is -2.41. The maximum atomic E-state index is 3.92. The van der Waals surface area contributed by atoms with Crippen LogP contribution in [0.25, 0.3) is 21.5 Å². The fourth-order valence-corrected chi connectivity index (χ4v) is 5.06. The Hall–Kier alpha value is -3.00. The van der Waals surface area contributed by atoms with Crippen molar-refractivity contribution in [2.45, 2.75) is 51.6 Å². The van der Waals surface area contributed by atoms with Crippen molar-refractivity contribution in [3.05, 3.63) is 83.9 Å². The fraction of sp³-hybridized carbons (Fsp3) is 0.286. The highest BCUT2D eigenvalue weighted by molar-refractivity contribution is 5.97. The Morgan fingerprint density at radius 3 is 1.40 bits per heavy atom. The molecule has 0 aliphatic heterocycles. The molecule has 0 unspecified atom stereocenters. The summed E-state index contributed by atoms with van der Waals surface area (Å²) in [6, 6.07) is 27.3. The van der Waals surface area contributed by atoms with Gasteiger partial charge in [0.15, 0.2) is 0 Å². The summed E-state index contributed by atoms with van der Waals surface area (Å²) in [4.78, 5) is 0. The standard InChI is InChI=1S/C28H30N2/c1-19-9-5-13-23-21(19)11-7-17-25(23)29-27-15-3-4-16-28(27)30-26-18-8-12-22-20(2)10-6-14-24(22)26/h5-14,17-18,27-30H,3-4,15-16H2,1-2H3/t27-,28-/m1/s1. The molecule has 1 saturated carbocycles. The second kappa shape index (κ2) is 8.02. The van der Waals surface area contributed by atoms with Gasteiger partial charge in [0.2, 0.25) is 0 Å². The SMILES string of the molecule is Cc1cccc2c(N[C@@H]3CCCC[C@H]3Nc3cccc4c(C)cccc34)cccc12. The number of anilines is 2. The largest absolute Gasteiger partial charge is 0.380 e. The molecule has 152 valence electrons. The van der Waals surface area contributed by atoms with Crippen LogP contribution in [0, 0.1) is 13.8 Å². The minimum absolute atomic E-state index is 0.421. The molecule has 0 amide bonds. The summed E-state index contributed by atoms with van der Waals surface area (Å²) < 4.78 is 0. The van der Waals surface area contributed by atoms with Crippen LogP contribution in [0.15, 0.2) is 72.8 Å². The van der Waals surface area contributed by atoms with Crippen LogP contribution in [-0.2, 0) is 0 Å². The van der Waals surface area contributed by atoms with Crippen LogP contribution in [-0.4, -0.2) is 12.1 Å². The van der Waals surface area contributed by atoms with Crippen molar-refractivity contribution in [3.63, 3.8) is 0 Å². The third-order valence-corrected chi connectivity index (χ3v) is 6.73. The number of fused-ring (bicyclic) bond motifs is 2. The van der Waals surface area contributed by atoms with Crippen LogP contribution in [0.5, 0.6) is 0 Å². The molecule has 30 heavy (non-hydrogen) atoms. The Morgan fingerprint density at radius 2 is 0.933 bits per heavy atom. The molecule has 2 nitrogen and oxygen atoms in total. The Kier molecular flexibility index (Phi) is 5.08. The number of nitrogens with one attached hydrogen (secondary N) is 2. The fourth-order valence-electron chi connectivity index (χ4n) is 5.06. The summed E-state index contributed by atoms with van der Waals surface area (Å²) in [5.74, 6) is 0. The topological polar surface area (TPSA) is 24.1 Å². The average molecular weight is 395 g/mol. The maximum Gasteiger partial charge on any atom is 0.0462 e. The van der Waals surface area contributed by atoms with Gasteiger partial charge < -0.3 is 10.6 Å². The Bertz CT molecular complexity index is 1100. The molecule has 1 fully saturated rings. The van der Waals surface area contributed by atoms with Gasteiger partial charge in [0.1, 0.15) is 0 Å². The molecular weight excluding hydrogens is 364 g/mol. The molecule has 2 atom stereocenters. The van der Waals surface area contributed by atoms with Crippen LogP contribution in [0.2, 0.25) is 0 Å². The van der Waals surface area contributed by atoms with E-state index in [0.29, 0.717) is 12.1 Å². The third-order valence-electron chi connectivity index (χ3n) is 6.73. The van der Waals surface area contributed by atoms with E-state index in [1.807, 2.05) is 0 Å². The van der Waals surface area contributed by atoms with Gasteiger partial charge in [0.05, 0.1) is 0 Å². The summed E-state index contributed by atoms with van der Waals surface area (Å²) in [5, 5.41) is 13.2. The van der Waals surface area contributed by atoms with Gasteiger partial charge in [-0.3, -0.25) is 0 Å². The Balaban J connectivity index is 1.45. The summed E-state index contributed by atoms with van der Waals surface area (Å²) in [6.45, 7) is 4.39. The van der Waals surface area contributed by atoms with Crippen molar-refractivity contribution in [2.75, 3.05) is 10.6 Å². The quantitative estimate of drug-likeness (QED) is 0.376. The van der Waals surface area contributed by atoms with Crippen molar-refractivity contribution in [3.8, 4) is 0 Å². The number of benzene rings is 4. The summed E-state index contributed by atoms with van der Waals surface area (Å²) in [6.07, 6.45) is 4.97. The highest BCUT2D eigenvalue weighted by atomic mass is 15.0. The van der Waals surface area contributed by atoms with Gasteiger partial charge >= 0.3 is 0 Å². The van der Waals surface area contributed by atoms with Crippen molar-refractivity contribution >= 4 is 32.9 Å². The summed E-state index contributed by atoms with van der Waals surface area (Å²) >= 11 is 0. The van der Waals surface area contributed by atoms with Crippen molar-refractivity contribution in [1.29, 1.82) is 0 Å². The summed E-state index contributed by atoms with van der Waals surface area (Å²) in [5.41, 5.74) is 5.17. The monoisotopic (exact) mass is 394 g/mol. The number of aryl methyl sites for hydroxylation is 2. The van der Waals surface area contributed by atoms with E-state index in [-0.39, 0.29) is 0 Å². The summed E-state index contributed by atoms with van der Waals surface area (Å²) in [7, 11) is 0. The van der Waals surface area contributed by atoms with Crippen LogP contribution >= 0.6 is 0 Å². The normalized spacial score (nSPS) is 19.1. The molecule has 0 saturated heterocycles. The Labute approximate surface area is 179 Å². The molecule has 2 heteroatoms. The van der Waals surface area contributed by atoms with Gasteiger partial charge in [-0.25, -0.2) is 0 Å². The van der Waals surface area contributed by atoms with Crippen molar-refractivity contribution in [1.82, 2.24) is 0 Å². The molecular formula is C28H30N2. The smallest absolute Gasteiger partial charge is 0.0462 e. The predicted molar refractivity (Wildman–Crippen MR) is 131 cm³/mol. The van der Waals surface area contributed by atoms with Gasteiger partial charge in [0.25, 0.3) is 0 Å². The number of hydrogen-bond donors (Lipinski definition) is 2. The first-order valence-corrected chi connectivity index (χ1v) is 11.2. The van der Waals surface area contributed by atoms with Crippen molar-refractivity contribution in [2.24, 2.45) is 0 Å². The lowest BCUT2D eigenvalue weighted by Gasteiger charge is -2.35. The number of hydrogen-bond acceptors (Lipinski definition) is 2. The van der Waals surface area contributed by atoms with E-state index in [1.54, 1.807) is 0 Å². The van der Waals surface area contributed by atoms with Crippen LogP contribution in [0.1, 0.15) is 36.8 Å². The maximum absolute atomic E-state index is 3.92. The highest BCUT2D eigenvalue weighted by Gasteiger charge is 2.26. The van der Waals surface area contributed by atoms with E-state index >= 15 is 0 Å². The van der Waals surface area contributed by atoms with E-state index < -0.39 is 0 Å². The lowest BCUT2D eigenvalue weighted by atomic mass is 9.89. The van der Waals surface area contributed by atoms with Crippen LogP contribution < -0.4 is 10.6 Å². The molecule has 5 rings (SSSR count). The van der Waals surface area contributed by atoms with E-state index in [1.165, 1.54) is 69.7 Å². The average Bonchev–Trinajstić information content (AvgIpc) is 2.77. The number of rotatable bonds is 4. The van der Waals surface area contributed by atoms with Gasteiger partial charge in [-0.05, 0) is 60.7 Å². The predicted octanol–water partition coefficient (Wildman–Crippen LogP) is 7.45. The molecule has 4 aromatic rings. The van der Waals surface area contributed by atoms with Crippen LogP contribution in [0.4, 0.5) is 11.4 Å². The molecule has 0 spiro atoms. The zero-order chi connectivity index (χ0) is 20.5. The lowest BCUT2D eigenvalue weighted by molar-refractivity contribution is 0.424. The Morgan fingerprint density at radius 1 is 0.533 bits per heavy atom.